The molecule has 1 N–H and O–H groups in total. The summed E-state index contributed by atoms with van der Waals surface area (Å²) in [5.41, 5.74) is 1.30. The molecule has 2 atom stereocenters. The minimum Gasteiger partial charge on any atom is -0.497 e. The molecule has 2 unspecified atom stereocenters. The predicted octanol–water partition coefficient (Wildman–Crippen LogP) is 7.75. The van der Waals surface area contributed by atoms with Gasteiger partial charge in [0.25, 0.3) is 5.91 Å². The Bertz CT molecular complexity index is 1590. The summed E-state index contributed by atoms with van der Waals surface area (Å²) in [5, 5.41) is 3.63. The summed E-state index contributed by atoms with van der Waals surface area (Å²) in [6, 6.07) is 12.7. The summed E-state index contributed by atoms with van der Waals surface area (Å²) in [6.07, 6.45) is -4.05. The minimum atomic E-state index is -4.89. The molecule has 1 aliphatic rings. The zero-order valence-electron chi connectivity index (χ0n) is 27.0. The molecule has 0 fully saturated rings. The van der Waals surface area contributed by atoms with E-state index in [1.807, 2.05) is 0 Å². The summed E-state index contributed by atoms with van der Waals surface area (Å²) >= 11 is 6.22. The van der Waals surface area contributed by atoms with Crippen LogP contribution in [0.4, 0.5) is 24.5 Å². The zero-order chi connectivity index (χ0) is 34.5. The van der Waals surface area contributed by atoms with E-state index in [0.29, 0.717) is 57.6 Å². The molecule has 9 nitrogen and oxygen atoms in total. The number of esters is 1. The van der Waals surface area contributed by atoms with Crippen LogP contribution in [-0.4, -0.2) is 51.2 Å². The van der Waals surface area contributed by atoms with Crippen LogP contribution >= 0.6 is 11.6 Å². The lowest BCUT2D eigenvalue weighted by Gasteiger charge is -2.27. The maximum Gasteiger partial charge on any atom is 0.573 e. The second-order valence-electron chi connectivity index (χ2n) is 12.0. The third kappa shape index (κ3) is 9.60. The number of nitrogens with zero attached hydrogens (tertiary/aromatic N) is 1. The molecule has 4 rings (SSSR count). The van der Waals surface area contributed by atoms with Crippen LogP contribution < -0.4 is 29.2 Å². The number of amides is 1. The average molecular weight is 679 g/mol. The van der Waals surface area contributed by atoms with Crippen LogP contribution in [0.25, 0.3) is 0 Å². The minimum absolute atomic E-state index is 0.202. The van der Waals surface area contributed by atoms with Gasteiger partial charge in [0.05, 0.1) is 32.4 Å². The number of carbonyl (C=O) groups is 2. The van der Waals surface area contributed by atoms with Crippen molar-refractivity contribution in [1.29, 1.82) is 0 Å². The third-order valence-electron chi connectivity index (χ3n) is 7.26. The first-order valence-electron chi connectivity index (χ1n) is 14.9. The molecule has 0 aliphatic carbocycles. The largest absolute Gasteiger partial charge is 0.573 e. The molecule has 0 saturated heterocycles. The number of hydrogen-bond acceptors (Lipinski definition) is 8. The van der Waals surface area contributed by atoms with Crippen molar-refractivity contribution in [3.63, 3.8) is 0 Å². The van der Waals surface area contributed by atoms with Gasteiger partial charge in [-0.15, -0.1) is 13.2 Å². The molecule has 3 aromatic carbocycles. The Hall–Kier alpha value is -4.32. The molecule has 1 amide bonds. The van der Waals surface area contributed by atoms with Crippen molar-refractivity contribution in [2.24, 2.45) is 5.92 Å². The Labute approximate surface area is 276 Å². The van der Waals surface area contributed by atoms with E-state index in [9.17, 15) is 22.8 Å². The van der Waals surface area contributed by atoms with Crippen molar-refractivity contribution in [3.8, 4) is 23.0 Å². The highest BCUT2D eigenvalue weighted by Crippen LogP contribution is 2.39. The van der Waals surface area contributed by atoms with E-state index < -0.39 is 35.6 Å². The van der Waals surface area contributed by atoms with Gasteiger partial charge in [-0.05, 0) is 57.4 Å². The van der Waals surface area contributed by atoms with Crippen LogP contribution in [0, 0.1) is 5.92 Å². The highest BCUT2D eigenvalue weighted by Gasteiger charge is 2.35. The van der Waals surface area contributed by atoms with Crippen molar-refractivity contribution in [2.45, 2.75) is 58.5 Å². The zero-order valence-corrected chi connectivity index (χ0v) is 27.8. The Balaban J connectivity index is 1.63. The molecule has 3 aromatic rings. The van der Waals surface area contributed by atoms with Gasteiger partial charge >= 0.3 is 12.3 Å². The van der Waals surface area contributed by atoms with Crippen LogP contribution in [0.1, 0.15) is 51.3 Å². The predicted molar refractivity (Wildman–Crippen MR) is 172 cm³/mol. The van der Waals surface area contributed by atoms with E-state index in [1.165, 1.54) is 37.3 Å². The number of carbonyl (C=O) groups excluding carboxylic acids is 2. The fourth-order valence-electron chi connectivity index (χ4n) is 5.03. The van der Waals surface area contributed by atoms with Crippen molar-refractivity contribution < 1.29 is 46.4 Å². The van der Waals surface area contributed by atoms with E-state index in [-0.39, 0.29) is 19.1 Å². The van der Waals surface area contributed by atoms with Gasteiger partial charge in [-0.2, -0.15) is 0 Å². The van der Waals surface area contributed by atoms with Gasteiger partial charge in [0.2, 0.25) is 0 Å². The normalized spacial score (nSPS) is 14.1. The summed E-state index contributed by atoms with van der Waals surface area (Å²) in [5.74, 6) is -0.439. The maximum atomic E-state index is 14.3. The molecule has 0 saturated carbocycles. The van der Waals surface area contributed by atoms with Gasteiger partial charge in [0.15, 0.2) is 0 Å². The number of alkyl halides is 3. The van der Waals surface area contributed by atoms with Crippen LogP contribution in [0.2, 0.25) is 5.02 Å². The van der Waals surface area contributed by atoms with Crippen LogP contribution in [0.5, 0.6) is 23.0 Å². The van der Waals surface area contributed by atoms with E-state index in [0.717, 1.165) is 0 Å². The Morgan fingerprint density at radius 2 is 1.68 bits per heavy atom. The van der Waals surface area contributed by atoms with Gasteiger partial charge in [0.1, 0.15) is 34.6 Å². The number of halogens is 4. The van der Waals surface area contributed by atoms with Crippen LogP contribution in [-0.2, 0) is 20.7 Å². The van der Waals surface area contributed by atoms with Gasteiger partial charge in [-0.25, -0.2) is 0 Å². The summed E-state index contributed by atoms with van der Waals surface area (Å²) in [6.45, 7) is 7.61. The van der Waals surface area contributed by atoms with Crippen molar-refractivity contribution in [3.05, 3.63) is 70.7 Å². The Morgan fingerprint density at radius 3 is 2.34 bits per heavy atom. The number of rotatable bonds is 12. The summed E-state index contributed by atoms with van der Waals surface area (Å²) in [7, 11) is 2.93. The molecule has 1 aliphatic heterocycles. The smallest absolute Gasteiger partial charge is 0.497 e. The van der Waals surface area contributed by atoms with E-state index in [1.54, 1.807) is 64.1 Å². The monoisotopic (exact) mass is 678 g/mol. The highest BCUT2D eigenvalue weighted by molar-refractivity contribution is 6.30. The molecular formula is C34H38ClF3N2O7. The Kier molecular flexibility index (Phi) is 11.1. The fourth-order valence-corrected chi connectivity index (χ4v) is 5.20. The molecule has 0 spiro atoms. The fraction of sp³-hybridized carbons (Fsp3) is 0.412. The number of methoxy groups -OCH3 is 2. The second-order valence-corrected chi connectivity index (χ2v) is 12.4. The van der Waals surface area contributed by atoms with Gasteiger partial charge in [0, 0.05) is 47.1 Å². The van der Waals surface area contributed by atoms with Crippen molar-refractivity contribution in [2.75, 3.05) is 37.6 Å². The first-order chi connectivity index (χ1) is 22.1. The third-order valence-corrected chi connectivity index (χ3v) is 7.50. The van der Waals surface area contributed by atoms with Gasteiger partial charge < -0.3 is 33.9 Å². The van der Waals surface area contributed by atoms with E-state index >= 15 is 0 Å². The summed E-state index contributed by atoms with van der Waals surface area (Å²) in [4.78, 5) is 28.1. The van der Waals surface area contributed by atoms with Crippen molar-refractivity contribution >= 4 is 34.9 Å². The number of benzene rings is 3. The standard InChI is InChI=1S/C34H38ClF3N2O7/c1-20(32(42)47-33(2,3)4)12-14-45-26-17-23(16-25(18-26)43-5)39-30(27-10-8-22(35)15-29(27)44-6)31(41)40-13-11-21-7-9-24(19-28(21)40)46-34(36,37)38/h7-10,15-20,30,39H,11-14H2,1-6H3. The Morgan fingerprint density at radius 1 is 0.957 bits per heavy atom. The number of hydrogen-bond donors (Lipinski definition) is 1. The lowest BCUT2D eigenvalue weighted by atomic mass is 10.0. The molecule has 47 heavy (non-hydrogen) atoms. The molecule has 0 radical (unpaired) electrons. The summed E-state index contributed by atoms with van der Waals surface area (Å²) < 4.78 is 65.6. The van der Waals surface area contributed by atoms with Crippen LogP contribution in [0.15, 0.2) is 54.6 Å². The second kappa shape index (κ2) is 14.6. The number of nitrogens with one attached hydrogen (secondary N) is 1. The molecular weight excluding hydrogens is 641 g/mol. The van der Waals surface area contributed by atoms with Gasteiger partial charge in [-0.3, -0.25) is 9.59 Å². The molecule has 0 aromatic heterocycles. The number of fused-ring (bicyclic) bond motifs is 1. The molecule has 13 heteroatoms. The van der Waals surface area contributed by atoms with Gasteiger partial charge in [-0.1, -0.05) is 30.7 Å². The molecule has 1 heterocycles. The molecule has 0 bridgehead atoms. The lowest BCUT2D eigenvalue weighted by molar-refractivity contribution is -0.274. The SMILES string of the molecule is COc1cc(NC(C(=O)N2CCc3ccc(OC(F)(F)F)cc32)c2ccc(Cl)cc2OC)cc(OCCC(C)C(=O)OC(C)(C)C)c1. The highest BCUT2D eigenvalue weighted by atomic mass is 35.5. The van der Waals surface area contributed by atoms with E-state index in [4.69, 9.17) is 30.5 Å². The number of anilines is 2. The lowest BCUT2D eigenvalue weighted by Crippen LogP contribution is -2.37. The average Bonchev–Trinajstić information content (AvgIpc) is 3.41. The first kappa shape index (κ1) is 35.5. The number of ether oxygens (including phenoxy) is 5. The maximum absolute atomic E-state index is 14.3. The first-order valence-corrected chi connectivity index (χ1v) is 15.3. The van der Waals surface area contributed by atoms with Crippen molar-refractivity contribution in [1.82, 2.24) is 0 Å². The molecule has 254 valence electrons. The topological polar surface area (TPSA) is 95.6 Å². The quantitative estimate of drug-likeness (QED) is 0.194. The van der Waals surface area contributed by atoms with E-state index in [2.05, 4.69) is 10.1 Å². The van der Waals surface area contributed by atoms with Crippen LogP contribution in [0.3, 0.4) is 0 Å².